The molecule has 2 aliphatic heterocycles. The van der Waals surface area contributed by atoms with Crippen molar-refractivity contribution >= 4 is 29.0 Å². The molecule has 38 heavy (non-hydrogen) atoms. The number of nitrogens with zero attached hydrogens (tertiary/aromatic N) is 3. The summed E-state index contributed by atoms with van der Waals surface area (Å²) in [6.07, 6.45) is -3.69. The molecule has 0 aliphatic carbocycles. The van der Waals surface area contributed by atoms with Gasteiger partial charge in [-0.2, -0.15) is 13.2 Å². The largest absolute Gasteiger partial charge is 0.416 e. The van der Waals surface area contributed by atoms with Crippen LogP contribution in [0.3, 0.4) is 0 Å². The Hall–Kier alpha value is -3.44. The first-order valence-electron chi connectivity index (χ1n) is 12.3. The van der Waals surface area contributed by atoms with Crippen LogP contribution in [-0.4, -0.2) is 65.9 Å². The molecule has 1 aromatic heterocycles. The van der Waals surface area contributed by atoms with Crippen molar-refractivity contribution in [2.24, 2.45) is 0 Å². The number of rotatable bonds is 4. The van der Waals surface area contributed by atoms with Gasteiger partial charge < -0.3 is 15.1 Å². The van der Waals surface area contributed by atoms with Crippen LogP contribution in [0.25, 0.3) is 0 Å². The molecule has 0 radical (unpaired) electrons. The third-order valence-electron chi connectivity index (χ3n) is 6.93. The summed E-state index contributed by atoms with van der Waals surface area (Å²) in [6.45, 7) is 1.98. The van der Waals surface area contributed by atoms with Crippen molar-refractivity contribution in [2.45, 2.75) is 18.6 Å². The van der Waals surface area contributed by atoms with Crippen molar-refractivity contribution in [3.8, 4) is 0 Å². The smallest absolute Gasteiger partial charge is 0.338 e. The molecule has 0 saturated carbocycles. The van der Waals surface area contributed by atoms with Gasteiger partial charge in [-0.3, -0.25) is 9.69 Å². The molecule has 3 heterocycles. The van der Waals surface area contributed by atoms with Crippen LogP contribution in [0.2, 0.25) is 0 Å². The molecule has 1 N–H and O–H groups in total. The van der Waals surface area contributed by atoms with Gasteiger partial charge in [-0.15, -0.1) is 11.3 Å². The molecule has 1 fully saturated rings. The molecule has 0 spiro atoms. The van der Waals surface area contributed by atoms with Crippen LogP contribution in [0, 0.1) is 5.82 Å². The number of anilines is 1. The third kappa shape index (κ3) is 5.68. The Kier molecular flexibility index (Phi) is 7.40. The van der Waals surface area contributed by atoms with Gasteiger partial charge >= 0.3 is 12.2 Å². The van der Waals surface area contributed by atoms with Gasteiger partial charge in [0.25, 0.3) is 0 Å². The van der Waals surface area contributed by atoms with Crippen molar-refractivity contribution in [1.29, 1.82) is 0 Å². The van der Waals surface area contributed by atoms with Crippen LogP contribution in [0.1, 0.15) is 27.6 Å². The number of urea groups is 1. The van der Waals surface area contributed by atoms with Gasteiger partial charge in [0.2, 0.25) is 5.91 Å². The van der Waals surface area contributed by atoms with E-state index in [1.165, 1.54) is 34.0 Å². The van der Waals surface area contributed by atoms with Gasteiger partial charge in [0, 0.05) is 43.3 Å². The van der Waals surface area contributed by atoms with E-state index in [0.717, 1.165) is 29.7 Å². The lowest BCUT2D eigenvalue weighted by Crippen LogP contribution is -2.54. The number of benzene rings is 2. The molecule has 200 valence electrons. The monoisotopic (exact) mass is 546 g/mol. The predicted octanol–water partition coefficient (Wildman–Crippen LogP) is 5.23. The van der Waals surface area contributed by atoms with E-state index >= 15 is 0 Å². The summed E-state index contributed by atoms with van der Waals surface area (Å²) in [4.78, 5) is 32.4. The summed E-state index contributed by atoms with van der Waals surface area (Å²) in [6, 6.07) is 12.3. The zero-order chi connectivity index (χ0) is 26.9. The second kappa shape index (κ2) is 10.7. The number of piperazine rings is 1. The number of fused-ring (bicyclic) bond motifs is 1. The van der Waals surface area contributed by atoms with E-state index in [-0.39, 0.29) is 43.1 Å². The normalized spacial score (nSPS) is 18.3. The van der Waals surface area contributed by atoms with Crippen molar-refractivity contribution in [3.63, 3.8) is 0 Å². The number of alkyl halides is 3. The number of nitrogens with one attached hydrogen (secondary N) is 1. The van der Waals surface area contributed by atoms with E-state index in [0.29, 0.717) is 19.6 Å². The van der Waals surface area contributed by atoms with E-state index in [9.17, 15) is 27.2 Å². The third-order valence-corrected chi connectivity index (χ3v) is 7.93. The van der Waals surface area contributed by atoms with Crippen molar-refractivity contribution in [2.75, 3.05) is 44.6 Å². The Labute approximate surface area is 221 Å². The van der Waals surface area contributed by atoms with Gasteiger partial charge in [0.05, 0.1) is 18.2 Å². The molecule has 5 rings (SSSR count). The van der Waals surface area contributed by atoms with Crippen molar-refractivity contribution in [1.82, 2.24) is 14.7 Å². The van der Waals surface area contributed by atoms with Crippen LogP contribution < -0.4 is 5.32 Å². The Morgan fingerprint density at radius 2 is 1.68 bits per heavy atom. The molecule has 1 atom stereocenters. The number of carbonyl (C=O) groups is 2. The molecule has 3 aromatic rings. The maximum atomic E-state index is 14.0. The maximum absolute atomic E-state index is 14.0. The Bertz CT molecular complexity index is 1320. The predicted molar refractivity (Wildman–Crippen MR) is 136 cm³/mol. The number of hydrogen-bond acceptors (Lipinski definition) is 4. The maximum Gasteiger partial charge on any atom is 0.416 e. The summed E-state index contributed by atoms with van der Waals surface area (Å²) in [5, 5.41) is 4.53. The Balaban J connectivity index is 1.20. The van der Waals surface area contributed by atoms with E-state index in [1.54, 1.807) is 22.3 Å². The van der Waals surface area contributed by atoms with Crippen LogP contribution in [0.4, 0.5) is 28.0 Å². The average Bonchev–Trinajstić information content (AvgIpc) is 3.37. The molecular formula is C27H26F4N4O2S. The highest BCUT2D eigenvalue weighted by atomic mass is 32.1. The molecule has 6 nitrogen and oxygen atoms in total. The van der Waals surface area contributed by atoms with E-state index < -0.39 is 17.8 Å². The second-order valence-electron chi connectivity index (χ2n) is 9.35. The highest BCUT2D eigenvalue weighted by molar-refractivity contribution is 7.10. The summed E-state index contributed by atoms with van der Waals surface area (Å²) in [5.41, 5.74) is 1.11. The van der Waals surface area contributed by atoms with E-state index in [1.807, 2.05) is 17.5 Å². The molecule has 0 bridgehead atoms. The molecule has 11 heteroatoms. The van der Waals surface area contributed by atoms with Crippen molar-refractivity contribution < 1.29 is 27.2 Å². The summed E-state index contributed by atoms with van der Waals surface area (Å²) < 4.78 is 52.9. The fourth-order valence-electron chi connectivity index (χ4n) is 5.01. The number of hydrogen-bond donors (Lipinski definition) is 1. The van der Waals surface area contributed by atoms with Gasteiger partial charge in [0.1, 0.15) is 5.82 Å². The van der Waals surface area contributed by atoms with Crippen LogP contribution in [0.15, 0.2) is 60.0 Å². The SMILES string of the molecule is O=C(CN1CCc2sccc2C1c1cccc(F)c1)N1CCN(C(=O)Nc2cccc(C(F)(F)F)c2)CC1. The molecule has 1 saturated heterocycles. The molecular weight excluding hydrogens is 520 g/mol. The minimum absolute atomic E-state index is 0.0598. The first-order chi connectivity index (χ1) is 18.2. The quantitative estimate of drug-likeness (QED) is 0.456. The van der Waals surface area contributed by atoms with Gasteiger partial charge in [-0.25, -0.2) is 9.18 Å². The van der Waals surface area contributed by atoms with E-state index in [2.05, 4.69) is 10.2 Å². The van der Waals surface area contributed by atoms with Gasteiger partial charge in [0.15, 0.2) is 0 Å². The molecule has 2 aliphatic rings. The lowest BCUT2D eigenvalue weighted by Gasteiger charge is -2.39. The van der Waals surface area contributed by atoms with Crippen LogP contribution in [-0.2, 0) is 17.4 Å². The summed E-state index contributed by atoms with van der Waals surface area (Å²) in [7, 11) is 0. The average molecular weight is 547 g/mol. The van der Waals surface area contributed by atoms with Crippen molar-refractivity contribution in [3.05, 3.63) is 87.4 Å². The minimum atomic E-state index is -4.50. The molecule has 1 unspecified atom stereocenters. The summed E-state index contributed by atoms with van der Waals surface area (Å²) >= 11 is 1.67. The fraction of sp³-hybridized carbons (Fsp3) is 0.333. The standard InChI is InChI=1S/C27H26F4N4O2S/c28-20-5-1-3-18(15-20)25-22-8-14-38-23(22)7-9-35(25)17-24(36)33-10-12-34(13-11-33)26(37)32-21-6-2-4-19(16-21)27(29,30)31/h1-6,8,14-16,25H,7,9-13,17H2,(H,32,37). The number of amides is 3. The van der Waals surface area contributed by atoms with Gasteiger partial charge in [-0.05, 0) is 59.3 Å². The first kappa shape index (κ1) is 26.2. The topological polar surface area (TPSA) is 55.9 Å². The van der Waals surface area contributed by atoms with Crippen LogP contribution in [0.5, 0.6) is 0 Å². The highest BCUT2D eigenvalue weighted by Crippen LogP contribution is 2.38. The second-order valence-corrected chi connectivity index (χ2v) is 10.4. The highest BCUT2D eigenvalue weighted by Gasteiger charge is 2.34. The zero-order valence-electron chi connectivity index (χ0n) is 20.4. The summed E-state index contributed by atoms with van der Waals surface area (Å²) in [5.74, 6) is -0.404. The van der Waals surface area contributed by atoms with Crippen LogP contribution >= 0.6 is 11.3 Å². The lowest BCUT2D eigenvalue weighted by atomic mass is 9.93. The minimum Gasteiger partial charge on any atom is -0.338 e. The zero-order valence-corrected chi connectivity index (χ0v) is 21.2. The number of carbonyl (C=O) groups excluding carboxylic acids is 2. The fourth-order valence-corrected chi connectivity index (χ4v) is 5.92. The van der Waals surface area contributed by atoms with Gasteiger partial charge in [-0.1, -0.05) is 18.2 Å². The number of thiophene rings is 1. The Morgan fingerprint density at radius 3 is 2.42 bits per heavy atom. The Morgan fingerprint density at radius 1 is 0.947 bits per heavy atom. The molecule has 3 amide bonds. The molecule has 2 aromatic carbocycles. The first-order valence-corrected chi connectivity index (χ1v) is 13.1. The number of halogens is 4. The van der Waals surface area contributed by atoms with E-state index in [4.69, 9.17) is 0 Å². The lowest BCUT2D eigenvalue weighted by molar-refractivity contribution is -0.137.